The number of carbonyl (C=O) groups excluding carboxylic acids is 3. The van der Waals surface area contributed by atoms with Crippen molar-refractivity contribution >= 4 is 17.5 Å². The zero-order chi connectivity index (χ0) is 11.3. The van der Waals surface area contributed by atoms with E-state index in [9.17, 15) is 14.4 Å². The lowest BCUT2D eigenvalue weighted by Gasteiger charge is -2.14. The second-order valence-corrected chi connectivity index (χ2v) is 3.73. The molecule has 80 valence electrons. The Morgan fingerprint density at radius 3 is 2.00 bits per heavy atom. The SMILES string of the molecule is CC(=O)CC(=O)NC(C)C(=O)C(C)C. The summed E-state index contributed by atoms with van der Waals surface area (Å²) in [6.45, 7) is 6.51. The van der Waals surface area contributed by atoms with E-state index in [0.717, 1.165) is 0 Å². The predicted molar refractivity (Wildman–Crippen MR) is 52.7 cm³/mol. The van der Waals surface area contributed by atoms with Gasteiger partial charge in [0.05, 0.1) is 12.5 Å². The molecule has 0 aromatic heterocycles. The third-order valence-corrected chi connectivity index (χ3v) is 1.78. The smallest absolute Gasteiger partial charge is 0.228 e. The van der Waals surface area contributed by atoms with E-state index < -0.39 is 6.04 Å². The molecule has 0 radical (unpaired) electrons. The Morgan fingerprint density at radius 2 is 1.64 bits per heavy atom. The molecule has 1 N–H and O–H groups in total. The fourth-order valence-electron chi connectivity index (χ4n) is 1.09. The molecule has 0 bridgehead atoms. The van der Waals surface area contributed by atoms with Crippen molar-refractivity contribution in [3.8, 4) is 0 Å². The predicted octanol–water partition coefficient (Wildman–Crippen LogP) is 0.695. The molecule has 1 amide bonds. The number of nitrogens with one attached hydrogen (secondary N) is 1. The minimum absolute atomic E-state index is 0.0260. The molecule has 1 unspecified atom stereocenters. The van der Waals surface area contributed by atoms with E-state index in [4.69, 9.17) is 0 Å². The van der Waals surface area contributed by atoms with E-state index >= 15 is 0 Å². The van der Waals surface area contributed by atoms with E-state index in [1.165, 1.54) is 6.92 Å². The maximum atomic E-state index is 11.4. The van der Waals surface area contributed by atoms with Crippen LogP contribution in [0.25, 0.3) is 0 Å². The van der Waals surface area contributed by atoms with Crippen LogP contribution in [0.4, 0.5) is 0 Å². The lowest BCUT2D eigenvalue weighted by molar-refractivity contribution is -0.131. The fraction of sp³-hybridized carbons (Fsp3) is 0.700. The van der Waals surface area contributed by atoms with Crippen LogP contribution in [0.15, 0.2) is 0 Å². The third kappa shape index (κ3) is 4.74. The van der Waals surface area contributed by atoms with Gasteiger partial charge in [0.15, 0.2) is 5.78 Å². The highest BCUT2D eigenvalue weighted by molar-refractivity contribution is 5.99. The molecule has 1 atom stereocenters. The summed E-state index contributed by atoms with van der Waals surface area (Å²) in [4.78, 5) is 33.1. The summed E-state index contributed by atoms with van der Waals surface area (Å²) in [5.74, 6) is -0.727. The van der Waals surface area contributed by atoms with Crippen molar-refractivity contribution in [3.05, 3.63) is 0 Å². The van der Waals surface area contributed by atoms with Gasteiger partial charge in [-0.25, -0.2) is 0 Å². The van der Waals surface area contributed by atoms with Gasteiger partial charge in [0.25, 0.3) is 0 Å². The molecule has 0 aliphatic rings. The number of rotatable bonds is 5. The van der Waals surface area contributed by atoms with Crippen LogP contribution >= 0.6 is 0 Å². The first-order chi connectivity index (χ1) is 6.34. The molecule has 14 heavy (non-hydrogen) atoms. The molecule has 0 saturated heterocycles. The van der Waals surface area contributed by atoms with Gasteiger partial charge in [0.1, 0.15) is 5.78 Å². The summed E-state index contributed by atoms with van der Waals surface area (Å²) in [5, 5.41) is 2.48. The van der Waals surface area contributed by atoms with Crippen LogP contribution in [-0.2, 0) is 14.4 Å². The minimum Gasteiger partial charge on any atom is -0.346 e. The van der Waals surface area contributed by atoms with Gasteiger partial charge in [-0.15, -0.1) is 0 Å². The van der Waals surface area contributed by atoms with E-state index in [1.807, 2.05) is 0 Å². The molecular formula is C10H17NO3. The molecule has 0 saturated carbocycles. The van der Waals surface area contributed by atoms with E-state index in [2.05, 4.69) is 5.32 Å². The van der Waals surface area contributed by atoms with Crippen LogP contribution in [-0.4, -0.2) is 23.5 Å². The lowest BCUT2D eigenvalue weighted by Crippen LogP contribution is -2.40. The van der Waals surface area contributed by atoms with Crippen LogP contribution in [0.5, 0.6) is 0 Å². The average Bonchev–Trinajstić information content (AvgIpc) is 2.00. The number of carbonyl (C=O) groups is 3. The van der Waals surface area contributed by atoms with Gasteiger partial charge in [-0.3, -0.25) is 14.4 Å². The molecule has 0 aliphatic carbocycles. The van der Waals surface area contributed by atoms with E-state index in [0.29, 0.717) is 0 Å². The Balaban J connectivity index is 4.06. The van der Waals surface area contributed by atoms with Crippen molar-refractivity contribution in [2.75, 3.05) is 0 Å². The Labute approximate surface area is 84.1 Å². The first-order valence-corrected chi connectivity index (χ1v) is 4.67. The second-order valence-electron chi connectivity index (χ2n) is 3.73. The maximum Gasteiger partial charge on any atom is 0.228 e. The topological polar surface area (TPSA) is 63.2 Å². The van der Waals surface area contributed by atoms with Crippen molar-refractivity contribution < 1.29 is 14.4 Å². The summed E-state index contributed by atoms with van der Waals surface area (Å²) in [7, 11) is 0. The summed E-state index contributed by atoms with van der Waals surface area (Å²) >= 11 is 0. The minimum atomic E-state index is -0.512. The molecule has 0 heterocycles. The van der Waals surface area contributed by atoms with Crippen molar-refractivity contribution in [2.45, 2.75) is 40.2 Å². The molecule has 0 aliphatic heterocycles. The van der Waals surface area contributed by atoms with Crippen molar-refractivity contribution in [1.29, 1.82) is 0 Å². The number of Topliss-reactive ketones (excluding diaryl/α,β-unsaturated/α-hetero) is 2. The molecular weight excluding hydrogens is 182 g/mol. The van der Waals surface area contributed by atoms with Crippen LogP contribution < -0.4 is 5.32 Å². The summed E-state index contributed by atoms with van der Waals surface area (Å²) in [5.41, 5.74) is 0. The first kappa shape index (κ1) is 12.8. The summed E-state index contributed by atoms with van der Waals surface area (Å²) in [6.07, 6.45) is -0.157. The van der Waals surface area contributed by atoms with Gasteiger partial charge >= 0.3 is 0 Å². The number of hydrogen-bond donors (Lipinski definition) is 1. The van der Waals surface area contributed by atoms with Crippen molar-refractivity contribution in [1.82, 2.24) is 5.32 Å². The number of ketones is 2. The number of hydrogen-bond acceptors (Lipinski definition) is 3. The second kappa shape index (κ2) is 5.52. The first-order valence-electron chi connectivity index (χ1n) is 4.67. The normalized spacial score (nSPS) is 12.4. The maximum absolute atomic E-state index is 11.4. The third-order valence-electron chi connectivity index (χ3n) is 1.78. The van der Waals surface area contributed by atoms with E-state index in [-0.39, 0.29) is 29.8 Å². The van der Waals surface area contributed by atoms with Gasteiger partial charge in [-0.1, -0.05) is 13.8 Å². The van der Waals surface area contributed by atoms with Gasteiger partial charge in [0, 0.05) is 5.92 Å². The van der Waals surface area contributed by atoms with Crippen LogP contribution in [0.2, 0.25) is 0 Å². The number of amides is 1. The van der Waals surface area contributed by atoms with Gasteiger partial charge in [-0.2, -0.15) is 0 Å². The monoisotopic (exact) mass is 199 g/mol. The zero-order valence-corrected chi connectivity index (χ0v) is 9.09. The summed E-state index contributed by atoms with van der Waals surface area (Å²) < 4.78 is 0. The van der Waals surface area contributed by atoms with Gasteiger partial charge in [-0.05, 0) is 13.8 Å². The molecule has 0 rings (SSSR count). The molecule has 4 nitrogen and oxygen atoms in total. The Bertz CT molecular complexity index is 246. The quantitative estimate of drug-likeness (QED) is 0.663. The molecule has 0 aromatic rings. The zero-order valence-electron chi connectivity index (χ0n) is 9.09. The molecule has 0 aromatic carbocycles. The standard InChI is InChI=1S/C10H17NO3/c1-6(2)10(14)8(4)11-9(13)5-7(3)12/h6,8H,5H2,1-4H3,(H,11,13). The highest BCUT2D eigenvalue weighted by Gasteiger charge is 2.18. The van der Waals surface area contributed by atoms with E-state index in [1.54, 1.807) is 20.8 Å². The van der Waals surface area contributed by atoms with Crippen LogP contribution in [0.1, 0.15) is 34.1 Å². The molecule has 4 heteroatoms. The van der Waals surface area contributed by atoms with Crippen molar-refractivity contribution in [3.63, 3.8) is 0 Å². The molecule has 0 spiro atoms. The van der Waals surface area contributed by atoms with Crippen molar-refractivity contribution in [2.24, 2.45) is 5.92 Å². The summed E-state index contributed by atoms with van der Waals surface area (Å²) in [6, 6.07) is -0.512. The largest absolute Gasteiger partial charge is 0.346 e. The Hall–Kier alpha value is -1.19. The Morgan fingerprint density at radius 1 is 1.14 bits per heavy atom. The van der Waals surface area contributed by atoms with Gasteiger partial charge < -0.3 is 5.32 Å². The fourth-order valence-corrected chi connectivity index (χ4v) is 1.09. The average molecular weight is 199 g/mol. The highest BCUT2D eigenvalue weighted by Crippen LogP contribution is 1.99. The lowest BCUT2D eigenvalue weighted by atomic mass is 10.0. The highest BCUT2D eigenvalue weighted by atomic mass is 16.2. The molecule has 0 fully saturated rings. The van der Waals surface area contributed by atoms with Crippen LogP contribution in [0, 0.1) is 5.92 Å². The van der Waals surface area contributed by atoms with Crippen LogP contribution in [0.3, 0.4) is 0 Å². The van der Waals surface area contributed by atoms with Gasteiger partial charge in [0.2, 0.25) is 5.91 Å². The Kier molecular flexibility index (Phi) is 5.05.